The van der Waals surface area contributed by atoms with Crippen LogP contribution in [0.3, 0.4) is 0 Å². The van der Waals surface area contributed by atoms with E-state index in [0.29, 0.717) is 5.91 Å². The molecule has 19 heavy (non-hydrogen) atoms. The molecular weight excluding hydrogens is 236 g/mol. The smallest absolute Gasteiger partial charge is 0.230 e. The highest BCUT2D eigenvalue weighted by Crippen LogP contribution is 2.35. The van der Waals surface area contributed by atoms with Crippen LogP contribution in [-0.2, 0) is 4.79 Å². The summed E-state index contributed by atoms with van der Waals surface area (Å²) < 4.78 is 0. The Bertz CT molecular complexity index is 292. The van der Waals surface area contributed by atoms with E-state index in [9.17, 15) is 4.79 Å². The van der Waals surface area contributed by atoms with E-state index in [1.807, 2.05) is 0 Å². The van der Waals surface area contributed by atoms with E-state index in [4.69, 9.17) is 0 Å². The highest BCUT2D eigenvalue weighted by Gasteiger charge is 2.42. The summed E-state index contributed by atoms with van der Waals surface area (Å²) in [6, 6.07) is 0. The van der Waals surface area contributed by atoms with Gasteiger partial charge in [0.2, 0.25) is 5.91 Å². The van der Waals surface area contributed by atoms with E-state index < -0.39 is 0 Å². The summed E-state index contributed by atoms with van der Waals surface area (Å²) in [5, 5.41) is 3.45. The molecule has 0 aliphatic carbocycles. The Balaban J connectivity index is 1.99. The number of rotatable bonds is 5. The van der Waals surface area contributed by atoms with E-state index in [0.717, 1.165) is 57.8 Å². The molecule has 2 aliphatic heterocycles. The Morgan fingerprint density at radius 2 is 2.21 bits per heavy atom. The highest BCUT2D eigenvalue weighted by atomic mass is 16.2. The molecule has 0 spiro atoms. The summed E-state index contributed by atoms with van der Waals surface area (Å²) in [5.74, 6) is 1.20. The van der Waals surface area contributed by atoms with Gasteiger partial charge in [-0.25, -0.2) is 0 Å². The van der Waals surface area contributed by atoms with Crippen molar-refractivity contribution in [2.75, 3.05) is 26.2 Å². The monoisotopic (exact) mass is 266 g/mol. The molecule has 2 rings (SSSR count). The summed E-state index contributed by atoms with van der Waals surface area (Å²) in [5.41, 5.74) is -0.0892. The van der Waals surface area contributed by atoms with Crippen LogP contribution in [0.5, 0.6) is 0 Å². The number of carbonyl (C=O) groups is 1. The Hall–Kier alpha value is -0.570. The van der Waals surface area contributed by atoms with Gasteiger partial charge < -0.3 is 10.2 Å². The zero-order valence-corrected chi connectivity index (χ0v) is 12.7. The molecule has 2 aliphatic rings. The number of piperidine rings is 1. The molecule has 3 heteroatoms. The zero-order chi connectivity index (χ0) is 13.7. The maximum atomic E-state index is 12.9. The third kappa shape index (κ3) is 3.31. The maximum Gasteiger partial charge on any atom is 0.230 e. The van der Waals surface area contributed by atoms with Crippen molar-refractivity contribution in [1.29, 1.82) is 0 Å². The second kappa shape index (κ2) is 6.74. The average Bonchev–Trinajstić information content (AvgIpc) is 2.88. The fourth-order valence-corrected chi connectivity index (χ4v) is 3.95. The van der Waals surface area contributed by atoms with Gasteiger partial charge in [0.15, 0.2) is 0 Å². The van der Waals surface area contributed by atoms with Gasteiger partial charge in [-0.3, -0.25) is 4.79 Å². The largest absolute Gasteiger partial charge is 0.342 e. The average molecular weight is 266 g/mol. The van der Waals surface area contributed by atoms with Crippen LogP contribution >= 0.6 is 0 Å². The molecule has 2 fully saturated rings. The van der Waals surface area contributed by atoms with Crippen LogP contribution in [0.1, 0.15) is 58.8 Å². The molecule has 3 nitrogen and oxygen atoms in total. The lowest BCUT2D eigenvalue weighted by Crippen LogP contribution is -2.51. The van der Waals surface area contributed by atoms with Crippen LogP contribution in [-0.4, -0.2) is 37.0 Å². The minimum atomic E-state index is -0.0892. The van der Waals surface area contributed by atoms with Gasteiger partial charge in [0, 0.05) is 19.6 Å². The van der Waals surface area contributed by atoms with Gasteiger partial charge in [0.25, 0.3) is 0 Å². The Kier molecular flexibility index (Phi) is 5.26. The fourth-order valence-electron chi connectivity index (χ4n) is 3.95. The molecule has 2 unspecified atom stereocenters. The second-order valence-electron chi connectivity index (χ2n) is 6.51. The Labute approximate surface area is 118 Å². The molecule has 0 aromatic carbocycles. The molecule has 110 valence electrons. The molecular formula is C16H30N2O. The predicted octanol–water partition coefficient (Wildman–Crippen LogP) is 2.80. The minimum Gasteiger partial charge on any atom is -0.342 e. The van der Waals surface area contributed by atoms with Crippen molar-refractivity contribution in [3.05, 3.63) is 0 Å². The molecule has 0 aromatic heterocycles. The molecule has 2 saturated heterocycles. The van der Waals surface area contributed by atoms with E-state index in [1.165, 1.54) is 19.3 Å². The number of nitrogens with one attached hydrogen (secondary N) is 1. The molecule has 2 heterocycles. The predicted molar refractivity (Wildman–Crippen MR) is 79.0 cm³/mol. The summed E-state index contributed by atoms with van der Waals surface area (Å²) in [6.45, 7) is 8.43. The van der Waals surface area contributed by atoms with Crippen LogP contribution in [0.2, 0.25) is 0 Å². The SMILES string of the molecule is CCCC1CCN(C(=O)C2(CCC)CCCNC2)C1. The van der Waals surface area contributed by atoms with Gasteiger partial charge in [0.1, 0.15) is 0 Å². The molecule has 1 N–H and O–H groups in total. The van der Waals surface area contributed by atoms with Gasteiger partial charge in [0.05, 0.1) is 5.41 Å². The topological polar surface area (TPSA) is 32.3 Å². The Morgan fingerprint density at radius 3 is 2.84 bits per heavy atom. The molecule has 0 bridgehead atoms. The van der Waals surface area contributed by atoms with Crippen molar-refractivity contribution in [2.24, 2.45) is 11.3 Å². The lowest BCUT2D eigenvalue weighted by Gasteiger charge is -2.39. The standard InChI is InChI=1S/C16H30N2O/c1-3-6-14-7-11-18(12-14)15(19)16(8-4-2)9-5-10-17-13-16/h14,17H,3-13H2,1-2H3. The first-order valence-electron chi connectivity index (χ1n) is 8.22. The van der Waals surface area contributed by atoms with Crippen LogP contribution in [0, 0.1) is 11.3 Å². The molecule has 0 saturated carbocycles. The summed E-state index contributed by atoms with van der Waals surface area (Å²) in [4.78, 5) is 15.1. The first kappa shape index (κ1) is 14.8. The number of carbonyl (C=O) groups excluding carboxylic acids is 1. The van der Waals surface area contributed by atoms with Crippen molar-refractivity contribution < 1.29 is 4.79 Å². The van der Waals surface area contributed by atoms with E-state index in [2.05, 4.69) is 24.1 Å². The molecule has 1 amide bonds. The van der Waals surface area contributed by atoms with Crippen molar-refractivity contribution >= 4 is 5.91 Å². The first-order chi connectivity index (χ1) is 9.22. The second-order valence-corrected chi connectivity index (χ2v) is 6.51. The zero-order valence-electron chi connectivity index (χ0n) is 12.7. The van der Waals surface area contributed by atoms with Crippen molar-refractivity contribution in [2.45, 2.75) is 58.8 Å². The van der Waals surface area contributed by atoms with Gasteiger partial charge in [-0.05, 0) is 44.6 Å². The van der Waals surface area contributed by atoms with Crippen LogP contribution in [0.25, 0.3) is 0 Å². The molecule has 0 radical (unpaired) electrons. The van der Waals surface area contributed by atoms with Gasteiger partial charge >= 0.3 is 0 Å². The van der Waals surface area contributed by atoms with Gasteiger partial charge in [-0.2, -0.15) is 0 Å². The Morgan fingerprint density at radius 1 is 1.37 bits per heavy atom. The normalized spacial score (nSPS) is 31.7. The maximum absolute atomic E-state index is 12.9. The van der Waals surface area contributed by atoms with Crippen LogP contribution < -0.4 is 5.32 Å². The quantitative estimate of drug-likeness (QED) is 0.830. The van der Waals surface area contributed by atoms with Crippen molar-refractivity contribution in [1.82, 2.24) is 10.2 Å². The van der Waals surface area contributed by atoms with Crippen molar-refractivity contribution in [3.8, 4) is 0 Å². The van der Waals surface area contributed by atoms with Gasteiger partial charge in [-0.15, -0.1) is 0 Å². The highest BCUT2D eigenvalue weighted by molar-refractivity contribution is 5.83. The van der Waals surface area contributed by atoms with E-state index in [-0.39, 0.29) is 5.41 Å². The third-order valence-corrected chi connectivity index (χ3v) is 4.92. The van der Waals surface area contributed by atoms with E-state index >= 15 is 0 Å². The number of hydrogen-bond donors (Lipinski definition) is 1. The number of nitrogens with zero attached hydrogens (tertiary/aromatic N) is 1. The van der Waals surface area contributed by atoms with Crippen LogP contribution in [0.4, 0.5) is 0 Å². The van der Waals surface area contributed by atoms with Crippen LogP contribution in [0.15, 0.2) is 0 Å². The minimum absolute atomic E-state index is 0.0892. The number of likely N-dealkylation sites (tertiary alicyclic amines) is 1. The summed E-state index contributed by atoms with van der Waals surface area (Å²) in [6.07, 6.45) is 8.14. The van der Waals surface area contributed by atoms with Crippen molar-refractivity contribution in [3.63, 3.8) is 0 Å². The fraction of sp³-hybridized carbons (Fsp3) is 0.938. The summed E-state index contributed by atoms with van der Waals surface area (Å²) >= 11 is 0. The number of amides is 1. The lowest BCUT2D eigenvalue weighted by atomic mass is 9.75. The van der Waals surface area contributed by atoms with Gasteiger partial charge in [-0.1, -0.05) is 26.7 Å². The molecule has 0 aromatic rings. The van der Waals surface area contributed by atoms with E-state index in [1.54, 1.807) is 0 Å². The lowest BCUT2D eigenvalue weighted by molar-refractivity contribution is -0.143. The third-order valence-electron chi connectivity index (χ3n) is 4.92. The number of hydrogen-bond acceptors (Lipinski definition) is 2. The molecule has 2 atom stereocenters. The summed E-state index contributed by atoms with van der Waals surface area (Å²) in [7, 11) is 0. The first-order valence-corrected chi connectivity index (χ1v) is 8.22.